The van der Waals surface area contributed by atoms with Gasteiger partial charge in [0.15, 0.2) is 0 Å². The van der Waals surface area contributed by atoms with Gasteiger partial charge in [-0.2, -0.15) is 0 Å². The summed E-state index contributed by atoms with van der Waals surface area (Å²) >= 11 is 0. The maximum Gasteiger partial charge on any atom is 0.320 e. The Labute approximate surface area is 113 Å². The summed E-state index contributed by atoms with van der Waals surface area (Å²) in [4.78, 5) is 26.7. The van der Waals surface area contributed by atoms with E-state index in [-0.39, 0.29) is 6.03 Å². The minimum atomic E-state index is -0.802. The molecule has 0 spiro atoms. The number of carbonyl (C=O) groups is 2. The van der Waals surface area contributed by atoms with Gasteiger partial charge < -0.3 is 15.3 Å². The van der Waals surface area contributed by atoms with Crippen LogP contribution in [0.15, 0.2) is 0 Å². The lowest BCUT2D eigenvalue weighted by atomic mass is 10.2. The minimum absolute atomic E-state index is 0.00882. The molecule has 0 aromatic heterocycles. The van der Waals surface area contributed by atoms with E-state index in [2.05, 4.69) is 5.32 Å². The lowest BCUT2D eigenvalue weighted by molar-refractivity contribution is -0.143. The van der Waals surface area contributed by atoms with E-state index < -0.39 is 12.0 Å². The number of piperazine rings is 1. The maximum absolute atomic E-state index is 12.0. The number of rotatable bonds is 3. The number of hydrogen-bond donors (Lipinski definition) is 2. The van der Waals surface area contributed by atoms with Crippen LogP contribution in [0.25, 0.3) is 0 Å². The minimum Gasteiger partial charge on any atom is -0.480 e. The van der Waals surface area contributed by atoms with Crippen molar-refractivity contribution < 1.29 is 14.7 Å². The van der Waals surface area contributed by atoms with Crippen molar-refractivity contribution in [1.29, 1.82) is 0 Å². The van der Waals surface area contributed by atoms with Gasteiger partial charge in [0, 0.05) is 32.2 Å². The molecule has 0 aromatic carbocycles. The van der Waals surface area contributed by atoms with E-state index in [1.54, 1.807) is 11.8 Å². The lowest BCUT2D eigenvalue weighted by Crippen LogP contribution is -2.55. The van der Waals surface area contributed by atoms with Gasteiger partial charge in [0.1, 0.15) is 6.04 Å². The van der Waals surface area contributed by atoms with Gasteiger partial charge in [-0.25, -0.2) is 4.79 Å². The molecule has 1 saturated carbocycles. The molecule has 1 atom stereocenters. The second-order valence-corrected chi connectivity index (χ2v) is 5.47. The Morgan fingerprint density at radius 1 is 1.16 bits per heavy atom. The van der Waals surface area contributed by atoms with Crippen molar-refractivity contribution in [3.63, 3.8) is 0 Å². The molecule has 6 heteroatoms. The van der Waals surface area contributed by atoms with Crippen molar-refractivity contribution in [2.24, 2.45) is 0 Å². The molecule has 1 aliphatic heterocycles. The molecule has 2 aliphatic rings. The summed E-state index contributed by atoms with van der Waals surface area (Å²) in [5.74, 6) is -0.802. The van der Waals surface area contributed by atoms with Crippen molar-refractivity contribution in [1.82, 2.24) is 15.1 Å². The second kappa shape index (κ2) is 6.23. The van der Waals surface area contributed by atoms with E-state index in [9.17, 15) is 9.59 Å². The second-order valence-electron chi connectivity index (χ2n) is 5.47. The number of aliphatic carboxylic acids is 1. The summed E-state index contributed by atoms with van der Waals surface area (Å²) in [6.07, 6.45) is 4.58. The Morgan fingerprint density at radius 3 is 2.26 bits per heavy atom. The first-order chi connectivity index (χ1) is 9.08. The highest BCUT2D eigenvalue weighted by molar-refractivity contribution is 5.75. The van der Waals surface area contributed by atoms with Crippen molar-refractivity contribution in [2.75, 3.05) is 26.2 Å². The molecule has 2 fully saturated rings. The van der Waals surface area contributed by atoms with Gasteiger partial charge in [-0.3, -0.25) is 9.69 Å². The van der Waals surface area contributed by atoms with Crippen LogP contribution in [0.3, 0.4) is 0 Å². The fourth-order valence-electron chi connectivity index (χ4n) is 2.80. The summed E-state index contributed by atoms with van der Waals surface area (Å²) in [6, 6.07) is -0.127. The Balaban J connectivity index is 1.76. The van der Waals surface area contributed by atoms with Crippen molar-refractivity contribution >= 4 is 12.0 Å². The summed E-state index contributed by atoms with van der Waals surface area (Å²) < 4.78 is 0. The van der Waals surface area contributed by atoms with Gasteiger partial charge in [-0.15, -0.1) is 0 Å². The third-order valence-electron chi connectivity index (χ3n) is 4.19. The van der Waals surface area contributed by atoms with Crippen molar-refractivity contribution in [2.45, 2.75) is 44.7 Å². The van der Waals surface area contributed by atoms with Gasteiger partial charge in [0.2, 0.25) is 0 Å². The molecule has 0 radical (unpaired) electrons. The number of amides is 2. The zero-order valence-electron chi connectivity index (χ0n) is 11.5. The fourth-order valence-corrected chi connectivity index (χ4v) is 2.80. The van der Waals surface area contributed by atoms with Gasteiger partial charge in [0.25, 0.3) is 0 Å². The highest BCUT2D eigenvalue weighted by Crippen LogP contribution is 2.18. The average Bonchev–Trinajstić information content (AvgIpc) is 2.90. The van der Waals surface area contributed by atoms with Crippen molar-refractivity contribution in [3.8, 4) is 0 Å². The number of nitrogens with one attached hydrogen (secondary N) is 1. The molecule has 19 heavy (non-hydrogen) atoms. The SMILES string of the molecule is CC(C(=O)O)N1CCN(C(=O)NC2CCCC2)CC1. The summed E-state index contributed by atoms with van der Waals surface area (Å²) in [6.45, 7) is 4.17. The Morgan fingerprint density at radius 2 is 1.74 bits per heavy atom. The third-order valence-corrected chi connectivity index (χ3v) is 4.19. The normalized spacial score (nSPS) is 23.3. The number of carbonyl (C=O) groups excluding carboxylic acids is 1. The van der Waals surface area contributed by atoms with Gasteiger partial charge in [-0.1, -0.05) is 12.8 Å². The first-order valence-corrected chi connectivity index (χ1v) is 7.10. The van der Waals surface area contributed by atoms with E-state index >= 15 is 0 Å². The van der Waals surface area contributed by atoms with Crippen LogP contribution in [-0.4, -0.2) is 65.2 Å². The van der Waals surface area contributed by atoms with Crippen LogP contribution < -0.4 is 5.32 Å². The molecule has 1 saturated heterocycles. The smallest absolute Gasteiger partial charge is 0.320 e. The molecule has 0 aromatic rings. The molecular formula is C13H23N3O3. The summed E-state index contributed by atoms with van der Waals surface area (Å²) in [7, 11) is 0. The fraction of sp³-hybridized carbons (Fsp3) is 0.846. The van der Waals surface area contributed by atoms with Crippen LogP contribution in [0.5, 0.6) is 0 Å². The third kappa shape index (κ3) is 3.59. The number of hydrogen-bond acceptors (Lipinski definition) is 3. The topological polar surface area (TPSA) is 72.9 Å². The van der Waals surface area contributed by atoms with E-state index in [4.69, 9.17) is 5.11 Å². The van der Waals surface area contributed by atoms with Crippen LogP contribution in [0.4, 0.5) is 4.79 Å². The monoisotopic (exact) mass is 269 g/mol. The molecule has 1 heterocycles. The maximum atomic E-state index is 12.0. The molecule has 2 rings (SSSR count). The zero-order chi connectivity index (χ0) is 13.8. The first-order valence-electron chi connectivity index (χ1n) is 7.10. The van der Waals surface area contributed by atoms with Crippen LogP contribution in [0.2, 0.25) is 0 Å². The first kappa shape index (κ1) is 14.1. The standard InChI is InChI=1S/C13H23N3O3/c1-10(12(17)18)15-6-8-16(9-7-15)13(19)14-11-4-2-3-5-11/h10-11H,2-9H2,1H3,(H,14,19)(H,17,18). The average molecular weight is 269 g/mol. The predicted molar refractivity (Wildman–Crippen MR) is 71.0 cm³/mol. The number of urea groups is 1. The number of carboxylic acid groups (broad SMARTS) is 1. The summed E-state index contributed by atoms with van der Waals surface area (Å²) in [5.41, 5.74) is 0. The molecule has 1 unspecified atom stereocenters. The quantitative estimate of drug-likeness (QED) is 0.792. The molecule has 2 amide bonds. The largest absolute Gasteiger partial charge is 0.480 e. The molecular weight excluding hydrogens is 246 g/mol. The van der Waals surface area contributed by atoms with Crippen LogP contribution in [-0.2, 0) is 4.79 Å². The molecule has 1 aliphatic carbocycles. The Bertz CT molecular complexity index is 334. The highest BCUT2D eigenvalue weighted by Gasteiger charge is 2.28. The Hall–Kier alpha value is -1.30. The van der Waals surface area contributed by atoms with Gasteiger partial charge >= 0.3 is 12.0 Å². The van der Waals surface area contributed by atoms with Gasteiger partial charge in [-0.05, 0) is 19.8 Å². The number of nitrogens with zero attached hydrogens (tertiary/aromatic N) is 2. The molecule has 108 valence electrons. The van der Waals surface area contributed by atoms with Crippen LogP contribution >= 0.6 is 0 Å². The Kier molecular flexibility index (Phi) is 4.63. The zero-order valence-corrected chi connectivity index (χ0v) is 11.5. The highest BCUT2D eigenvalue weighted by atomic mass is 16.4. The van der Waals surface area contributed by atoms with E-state index in [0.717, 1.165) is 12.8 Å². The summed E-state index contributed by atoms with van der Waals surface area (Å²) in [5, 5.41) is 12.0. The molecule has 2 N–H and O–H groups in total. The molecule has 6 nitrogen and oxygen atoms in total. The predicted octanol–water partition coefficient (Wildman–Crippen LogP) is 0.729. The van der Waals surface area contributed by atoms with E-state index in [1.807, 2.05) is 4.90 Å². The van der Waals surface area contributed by atoms with Crippen LogP contribution in [0.1, 0.15) is 32.6 Å². The van der Waals surface area contributed by atoms with Crippen LogP contribution in [0, 0.1) is 0 Å². The number of carboxylic acids is 1. The van der Waals surface area contributed by atoms with Gasteiger partial charge in [0.05, 0.1) is 0 Å². The van der Waals surface area contributed by atoms with Crippen molar-refractivity contribution in [3.05, 3.63) is 0 Å². The van der Waals surface area contributed by atoms with E-state index in [1.165, 1.54) is 12.8 Å². The van der Waals surface area contributed by atoms with E-state index in [0.29, 0.717) is 32.2 Å². The molecule has 0 bridgehead atoms. The lowest BCUT2D eigenvalue weighted by Gasteiger charge is -2.36.